The predicted molar refractivity (Wildman–Crippen MR) is 151 cm³/mol. The molecule has 0 radical (unpaired) electrons. The van der Waals surface area contributed by atoms with Crippen LogP contribution in [0.4, 0.5) is 4.39 Å². The first kappa shape index (κ1) is 27.6. The molecule has 0 saturated heterocycles. The molecule has 12 heteroatoms. The molecule has 5 rings (SSSR count). The monoisotopic (exact) mass is 559 g/mol. The molecule has 2 heterocycles. The second-order valence-corrected chi connectivity index (χ2v) is 10.3. The molecule has 0 bridgehead atoms. The van der Waals surface area contributed by atoms with Crippen molar-refractivity contribution in [3.8, 4) is 11.4 Å². The highest BCUT2D eigenvalue weighted by Gasteiger charge is 2.30. The third-order valence-electron chi connectivity index (χ3n) is 6.44. The van der Waals surface area contributed by atoms with Gasteiger partial charge in [0, 0.05) is 27.5 Å². The van der Waals surface area contributed by atoms with Crippen molar-refractivity contribution in [1.82, 2.24) is 20.1 Å². The number of aliphatic imine (C=N–C) groups is 1. The number of nitrogens with one attached hydrogen (secondary N) is 1. The lowest BCUT2D eigenvalue weighted by Gasteiger charge is -2.14. The molecular formula is C28H27BFN5O4S. The number of benzene rings is 3. The zero-order valence-corrected chi connectivity index (χ0v) is 22.9. The number of carbonyl (C=O) groups is 1. The predicted octanol–water partition coefficient (Wildman–Crippen LogP) is 2.97. The average molecular weight is 559 g/mol. The number of rotatable bonds is 8. The van der Waals surface area contributed by atoms with Gasteiger partial charge in [0.25, 0.3) is 0 Å². The lowest BCUT2D eigenvalue weighted by Crippen LogP contribution is -2.30. The summed E-state index contributed by atoms with van der Waals surface area (Å²) in [4.78, 5) is 19.1. The molecule has 204 valence electrons. The van der Waals surface area contributed by atoms with Gasteiger partial charge in [-0.1, -0.05) is 23.9 Å². The van der Waals surface area contributed by atoms with Crippen LogP contribution in [-0.2, 0) is 4.79 Å². The number of methoxy groups -OCH3 is 1. The first-order valence-electron chi connectivity index (χ1n) is 12.7. The van der Waals surface area contributed by atoms with E-state index in [4.69, 9.17) is 9.73 Å². The topological polar surface area (TPSA) is 122 Å². The van der Waals surface area contributed by atoms with Gasteiger partial charge in [0.2, 0.25) is 5.91 Å². The molecule has 0 spiro atoms. The number of fused-ring (bicyclic) bond motifs is 3. The maximum absolute atomic E-state index is 14.0. The van der Waals surface area contributed by atoms with E-state index in [0.29, 0.717) is 34.6 Å². The number of amides is 1. The quantitative estimate of drug-likeness (QED) is 0.284. The van der Waals surface area contributed by atoms with Gasteiger partial charge in [0.05, 0.1) is 24.9 Å². The van der Waals surface area contributed by atoms with Gasteiger partial charge in [-0.2, -0.15) is 0 Å². The standard InChI is InChI=1S/C28H27BFN5O4S/c1-4-31-26(36)15-24-28-34-33-16(2)35(28)25-10-7-20(39-3)14-23(25)27(32-24)17-5-8-21(9-6-17)40-22-12-18(29(37)38)11-19(30)13-22/h5-14,24,37-38H,4,15H2,1-3H3,(H,31,36)/t24-/m0/s1. The first-order valence-corrected chi connectivity index (χ1v) is 13.5. The van der Waals surface area contributed by atoms with E-state index in [2.05, 4.69) is 15.5 Å². The largest absolute Gasteiger partial charge is 0.497 e. The van der Waals surface area contributed by atoms with Crippen LogP contribution in [0.3, 0.4) is 0 Å². The van der Waals surface area contributed by atoms with Crippen LogP contribution in [0, 0.1) is 12.7 Å². The molecule has 9 nitrogen and oxygen atoms in total. The number of nitrogens with zero attached hydrogens (tertiary/aromatic N) is 4. The highest BCUT2D eigenvalue weighted by molar-refractivity contribution is 7.99. The molecular weight excluding hydrogens is 532 g/mol. The van der Waals surface area contributed by atoms with Crippen LogP contribution < -0.4 is 15.5 Å². The number of ether oxygens (including phenoxy) is 1. The van der Waals surface area contributed by atoms with E-state index in [1.165, 1.54) is 23.9 Å². The van der Waals surface area contributed by atoms with Crippen molar-refractivity contribution in [3.05, 3.63) is 89.3 Å². The Morgan fingerprint density at radius 3 is 2.58 bits per heavy atom. The molecule has 0 aliphatic carbocycles. The van der Waals surface area contributed by atoms with Gasteiger partial charge in [0.15, 0.2) is 5.82 Å². The molecule has 0 unspecified atom stereocenters. The number of carbonyl (C=O) groups excluding carboxylic acids is 1. The van der Waals surface area contributed by atoms with Crippen LogP contribution in [0.25, 0.3) is 5.69 Å². The number of hydrogen-bond acceptors (Lipinski definition) is 8. The summed E-state index contributed by atoms with van der Waals surface area (Å²) in [7, 11) is -0.161. The zero-order valence-electron chi connectivity index (χ0n) is 22.1. The maximum Gasteiger partial charge on any atom is 0.488 e. The highest BCUT2D eigenvalue weighted by atomic mass is 32.2. The van der Waals surface area contributed by atoms with Crippen LogP contribution in [0.1, 0.15) is 42.2 Å². The van der Waals surface area contributed by atoms with Gasteiger partial charge in [-0.15, -0.1) is 10.2 Å². The lowest BCUT2D eigenvalue weighted by atomic mass is 9.80. The average Bonchev–Trinajstić information content (AvgIpc) is 3.25. The normalized spacial score (nSPS) is 14.1. The van der Waals surface area contributed by atoms with Gasteiger partial charge >= 0.3 is 7.12 Å². The number of aryl methyl sites for hydroxylation is 1. The van der Waals surface area contributed by atoms with E-state index in [0.717, 1.165) is 27.8 Å². The summed E-state index contributed by atoms with van der Waals surface area (Å²) >= 11 is 1.29. The molecule has 1 aliphatic heterocycles. The van der Waals surface area contributed by atoms with Gasteiger partial charge < -0.3 is 20.1 Å². The number of halogens is 1. The fraction of sp³-hybridized carbons (Fsp3) is 0.214. The summed E-state index contributed by atoms with van der Waals surface area (Å²) in [6.45, 7) is 4.23. The van der Waals surface area contributed by atoms with Crippen LogP contribution >= 0.6 is 11.8 Å². The number of aromatic nitrogens is 3. The van der Waals surface area contributed by atoms with Crippen molar-refractivity contribution in [2.24, 2.45) is 4.99 Å². The zero-order chi connectivity index (χ0) is 28.4. The van der Waals surface area contributed by atoms with E-state index in [9.17, 15) is 19.2 Å². The molecule has 0 fully saturated rings. The van der Waals surface area contributed by atoms with Gasteiger partial charge in [-0.25, -0.2) is 4.39 Å². The molecule has 1 aliphatic rings. The molecule has 3 aromatic carbocycles. The van der Waals surface area contributed by atoms with Crippen LogP contribution in [-0.4, -0.2) is 57.2 Å². The molecule has 1 atom stereocenters. The molecule has 1 amide bonds. The summed E-state index contributed by atoms with van der Waals surface area (Å²) in [5.41, 5.74) is 3.18. The Kier molecular flexibility index (Phi) is 8.01. The summed E-state index contributed by atoms with van der Waals surface area (Å²) in [5.74, 6) is 1.21. The molecule has 40 heavy (non-hydrogen) atoms. The molecule has 3 N–H and O–H groups in total. The fourth-order valence-corrected chi connectivity index (χ4v) is 5.53. The lowest BCUT2D eigenvalue weighted by molar-refractivity contribution is -0.121. The van der Waals surface area contributed by atoms with Gasteiger partial charge in [0.1, 0.15) is 23.4 Å². The molecule has 4 aromatic rings. The van der Waals surface area contributed by atoms with Crippen LogP contribution in [0.15, 0.2) is 75.4 Å². The van der Waals surface area contributed by atoms with Crippen molar-refractivity contribution in [1.29, 1.82) is 0 Å². The summed E-state index contributed by atoms with van der Waals surface area (Å²) in [6.07, 6.45) is 0.104. The highest BCUT2D eigenvalue weighted by Crippen LogP contribution is 2.35. The van der Waals surface area contributed by atoms with E-state index in [1.807, 2.05) is 60.9 Å². The number of hydrogen-bond donors (Lipinski definition) is 3. The van der Waals surface area contributed by atoms with Crippen molar-refractivity contribution < 1.29 is 24.0 Å². The minimum atomic E-state index is -1.76. The Labute approximate surface area is 235 Å². The SMILES string of the molecule is CCNC(=O)C[C@@H]1N=C(c2ccc(Sc3cc(F)cc(B(O)O)c3)cc2)c2cc(OC)ccc2-n2c(C)nnc21. The van der Waals surface area contributed by atoms with E-state index in [-0.39, 0.29) is 17.8 Å². The Morgan fingerprint density at radius 2 is 1.88 bits per heavy atom. The van der Waals surface area contributed by atoms with Crippen molar-refractivity contribution in [2.45, 2.75) is 36.1 Å². The van der Waals surface area contributed by atoms with Crippen molar-refractivity contribution in [2.75, 3.05) is 13.7 Å². The Balaban J connectivity index is 1.57. The van der Waals surface area contributed by atoms with Gasteiger partial charge in [-0.3, -0.25) is 14.4 Å². The van der Waals surface area contributed by atoms with Crippen molar-refractivity contribution >= 4 is 36.0 Å². The minimum absolute atomic E-state index is 0.0814. The minimum Gasteiger partial charge on any atom is -0.497 e. The third-order valence-corrected chi connectivity index (χ3v) is 7.42. The van der Waals surface area contributed by atoms with Crippen LogP contribution in [0.5, 0.6) is 5.75 Å². The first-order chi connectivity index (χ1) is 19.3. The summed E-state index contributed by atoms with van der Waals surface area (Å²) in [5, 5.41) is 30.4. The Hall–Kier alpha value is -4.00. The van der Waals surface area contributed by atoms with E-state index >= 15 is 0 Å². The molecule has 0 saturated carbocycles. The molecule has 1 aromatic heterocycles. The second kappa shape index (κ2) is 11.6. The second-order valence-electron chi connectivity index (χ2n) is 9.20. The van der Waals surface area contributed by atoms with E-state index < -0.39 is 19.0 Å². The summed E-state index contributed by atoms with van der Waals surface area (Å²) in [6, 6.07) is 16.7. The van der Waals surface area contributed by atoms with Gasteiger partial charge in [-0.05, 0) is 67.8 Å². The van der Waals surface area contributed by atoms with Crippen LogP contribution in [0.2, 0.25) is 0 Å². The Bertz CT molecular complexity index is 1590. The maximum atomic E-state index is 14.0. The smallest absolute Gasteiger partial charge is 0.488 e. The summed E-state index contributed by atoms with van der Waals surface area (Å²) < 4.78 is 21.5. The Morgan fingerprint density at radius 1 is 1.10 bits per heavy atom. The third kappa shape index (κ3) is 5.65. The van der Waals surface area contributed by atoms with Crippen molar-refractivity contribution in [3.63, 3.8) is 0 Å². The van der Waals surface area contributed by atoms with E-state index in [1.54, 1.807) is 7.11 Å². The fourth-order valence-electron chi connectivity index (χ4n) is 4.62.